The van der Waals surface area contributed by atoms with Crippen LogP contribution in [0.4, 0.5) is 13.2 Å². The first-order valence-corrected chi connectivity index (χ1v) is 5.82. The second kappa shape index (κ2) is 5.05. The summed E-state index contributed by atoms with van der Waals surface area (Å²) < 4.78 is 40.5. The van der Waals surface area contributed by atoms with Crippen LogP contribution in [0.3, 0.4) is 0 Å². The van der Waals surface area contributed by atoms with Gasteiger partial charge >= 0.3 is 6.18 Å². The summed E-state index contributed by atoms with van der Waals surface area (Å²) in [5, 5.41) is 4.17. The van der Waals surface area contributed by atoms with Gasteiger partial charge in [0.2, 0.25) is 0 Å². The number of halogens is 3. The van der Waals surface area contributed by atoms with Crippen molar-refractivity contribution in [3.8, 4) is 11.1 Å². The molecule has 0 bridgehead atoms. The summed E-state index contributed by atoms with van der Waals surface area (Å²) in [5.41, 5.74) is 6.03. The predicted molar refractivity (Wildman–Crippen MR) is 66.4 cm³/mol. The first-order valence-electron chi connectivity index (χ1n) is 5.82. The molecule has 0 atom stereocenters. The molecule has 19 heavy (non-hydrogen) atoms. The zero-order valence-electron chi connectivity index (χ0n) is 10.4. The molecule has 0 aliphatic carbocycles. The molecule has 2 N–H and O–H groups in total. The van der Waals surface area contributed by atoms with Gasteiger partial charge in [0, 0.05) is 25.2 Å². The number of benzene rings is 1. The monoisotopic (exact) mass is 269 g/mol. The van der Waals surface area contributed by atoms with Crippen LogP contribution in [0.15, 0.2) is 30.5 Å². The Morgan fingerprint density at radius 2 is 1.89 bits per heavy atom. The first kappa shape index (κ1) is 13.6. The summed E-state index contributed by atoms with van der Waals surface area (Å²) in [6, 6.07) is 5.50. The molecule has 2 rings (SSSR count). The summed E-state index contributed by atoms with van der Waals surface area (Å²) in [6.07, 6.45) is -2.34. The Hall–Kier alpha value is -1.82. The molecular formula is C13H14F3N3. The second-order valence-corrected chi connectivity index (χ2v) is 4.25. The third-order valence-electron chi connectivity index (χ3n) is 2.81. The Kier molecular flexibility index (Phi) is 3.61. The van der Waals surface area contributed by atoms with E-state index in [4.69, 9.17) is 5.73 Å². The van der Waals surface area contributed by atoms with Crippen molar-refractivity contribution in [3.63, 3.8) is 0 Å². The van der Waals surface area contributed by atoms with Crippen LogP contribution in [0, 0.1) is 0 Å². The fourth-order valence-corrected chi connectivity index (χ4v) is 2.05. The van der Waals surface area contributed by atoms with Crippen LogP contribution in [-0.4, -0.2) is 16.3 Å². The van der Waals surface area contributed by atoms with Crippen molar-refractivity contribution < 1.29 is 13.2 Å². The molecule has 3 nitrogen and oxygen atoms in total. The molecule has 0 aliphatic heterocycles. The van der Waals surface area contributed by atoms with Crippen LogP contribution in [0.25, 0.3) is 11.1 Å². The van der Waals surface area contributed by atoms with Crippen LogP contribution < -0.4 is 5.73 Å². The number of hydrogen-bond donors (Lipinski definition) is 1. The lowest BCUT2D eigenvalue weighted by atomic mass is 9.99. The van der Waals surface area contributed by atoms with E-state index in [9.17, 15) is 13.2 Å². The molecule has 0 fully saturated rings. The predicted octanol–water partition coefficient (Wildman–Crippen LogP) is 2.61. The van der Waals surface area contributed by atoms with Crippen LogP contribution in [0.2, 0.25) is 0 Å². The summed E-state index contributed by atoms with van der Waals surface area (Å²) in [6.45, 7) is 0.345. The number of nitrogens with two attached hydrogens (primary N) is 1. The van der Waals surface area contributed by atoms with E-state index >= 15 is 0 Å². The van der Waals surface area contributed by atoms with E-state index < -0.39 is 11.7 Å². The van der Waals surface area contributed by atoms with Gasteiger partial charge in [0.1, 0.15) is 0 Å². The maximum absolute atomic E-state index is 13.0. The molecule has 0 amide bonds. The minimum atomic E-state index is -4.38. The number of aryl methyl sites for hydroxylation is 1. The number of aromatic nitrogens is 2. The molecule has 0 saturated carbocycles. The average Bonchev–Trinajstić information content (AvgIpc) is 2.70. The van der Waals surface area contributed by atoms with E-state index in [0.717, 1.165) is 6.07 Å². The van der Waals surface area contributed by atoms with E-state index in [0.29, 0.717) is 24.2 Å². The highest BCUT2D eigenvalue weighted by Gasteiger charge is 2.34. The molecule has 1 aromatic carbocycles. The highest BCUT2D eigenvalue weighted by molar-refractivity contribution is 5.69. The summed E-state index contributed by atoms with van der Waals surface area (Å²) >= 11 is 0. The molecule has 0 spiro atoms. The van der Waals surface area contributed by atoms with Crippen LogP contribution >= 0.6 is 0 Å². The van der Waals surface area contributed by atoms with E-state index in [1.165, 1.54) is 16.8 Å². The van der Waals surface area contributed by atoms with Gasteiger partial charge in [0.15, 0.2) is 0 Å². The average molecular weight is 269 g/mol. The largest absolute Gasteiger partial charge is 0.417 e. The van der Waals surface area contributed by atoms with Gasteiger partial charge in [-0.05, 0) is 18.2 Å². The maximum Gasteiger partial charge on any atom is 0.417 e. The van der Waals surface area contributed by atoms with Gasteiger partial charge in [-0.3, -0.25) is 4.68 Å². The lowest BCUT2D eigenvalue weighted by Gasteiger charge is -2.12. The smallest absolute Gasteiger partial charge is 0.330 e. The molecule has 1 aromatic heterocycles. The van der Waals surface area contributed by atoms with Gasteiger partial charge in [0.25, 0.3) is 0 Å². The molecule has 6 heteroatoms. The molecule has 0 aliphatic rings. The van der Waals surface area contributed by atoms with Crippen LogP contribution in [0.1, 0.15) is 11.3 Å². The Bertz CT molecular complexity index is 573. The van der Waals surface area contributed by atoms with E-state index in [1.807, 2.05) is 0 Å². The first-order chi connectivity index (χ1) is 8.93. The zero-order chi connectivity index (χ0) is 14.0. The highest BCUT2D eigenvalue weighted by atomic mass is 19.4. The van der Waals surface area contributed by atoms with Gasteiger partial charge in [-0.2, -0.15) is 18.3 Å². The standard InChI is InChI=1S/C13H14F3N3/c1-19-8-10(12(18-19)6-7-17)9-4-2-3-5-11(9)13(14,15)16/h2-5,8H,6-7,17H2,1H3. The quantitative estimate of drug-likeness (QED) is 0.930. The van der Waals surface area contributed by atoms with Gasteiger partial charge in [0.05, 0.1) is 11.3 Å². The molecule has 0 saturated heterocycles. The fourth-order valence-electron chi connectivity index (χ4n) is 2.05. The minimum Gasteiger partial charge on any atom is -0.330 e. The summed E-state index contributed by atoms with van der Waals surface area (Å²) in [7, 11) is 1.68. The summed E-state index contributed by atoms with van der Waals surface area (Å²) in [4.78, 5) is 0. The van der Waals surface area contributed by atoms with Crippen molar-refractivity contribution in [2.45, 2.75) is 12.6 Å². The van der Waals surface area contributed by atoms with E-state index in [1.54, 1.807) is 19.3 Å². The van der Waals surface area contributed by atoms with Gasteiger partial charge < -0.3 is 5.73 Å². The van der Waals surface area contributed by atoms with E-state index in [-0.39, 0.29) is 5.56 Å². The van der Waals surface area contributed by atoms with Crippen molar-refractivity contribution in [2.24, 2.45) is 12.8 Å². The molecule has 102 valence electrons. The number of hydrogen-bond acceptors (Lipinski definition) is 2. The summed E-state index contributed by atoms with van der Waals surface area (Å²) in [5.74, 6) is 0. The highest BCUT2D eigenvalue weighted by Crippen LogP contribution is 2.37. The van der Waals surface area contributed by atoms with E-state index in [2.05, 4.69) is 5.10 Å². The van der Waals surface area contributed by atoms with Gasteiger partial charge in [-0.1, -0.05) is 18.2 Å². The molecule has 2 aromatic rings. The Labute approximate surface area is 108 Å². The Morgan fingerprint density at radius 3 is 2.53 bits per heavy atom. The molecule has 0 unspecified atom stereocenters. The number of rotatable bonds is 3. The normalized spacial score (nSPS) is 11.8. The Balaban J connectivity index is 2.59. The molecule has 1 heterocycles. The maximum atomic E-state index is 13.0. The van der Waals surface area contributed by atoms with Crippen molar-refractivity contribution in [3.05, 3.63) is 41.7 Å². The third kappa shape index (κ3) is 2.78. The Morgan fingerprint density at radius 1 is 1.21 bits per heavy atom. The van der Waals surface area contributed by atoms with Crippen molar-refractivity contribution in [1.82, 2.24) is 9.78 Å². The lowest BCUT2D eigenvalue weighted by molar-refractivity contribution is -0.137. The number of alkyl halides is 3. The molecular weight excluding hydrogens is 255 g/mol. The van der Waals surface area contributed by atoms with Gasteiger partial charge in [-0.15, -0.1) is 0 Å². The van der Waals surface area contributed by atoms with Crippen molar-refractivity contribution in [2.75, 3.05) is 6.54 Å². The van der Waals surface area contributed by atoms with Crippen molar-refractivity contribution >= 4 is 0 Å². The molecule has 0 radical (unpaired) electrons. The lowest BCUT2D eigenvalue weighted by Crippen LogP contribution is -2.08. The third-order valence-corrected chi connectivity index (χ3v) is 2.81. The topological polar surface area (TPSA) is 43.8 Å². The minimum absolute atomic E-state index is 0.145. The van der Waals surface area contributed by atoms with Gasteiger partial charge in [-0.25, -0.2) is 0 Å². The van der Waals surface area contributed by atoms with Crippen LogP contribution in [0.5, 0.6) is 0 Å². The fraction of sp³-hybridized carbons (Fsp3) is 0.308. The zero-order valence-corrected chi connectivity index (χ0v) is 10.4. The SMILES string of the molecule is Cn1cc(-c2ccccc2C(F)(F)F)c(CCN)n1. The second-order valence-electron chi connectivity index (χ2n) is 4.25. The van der Waals surface area contributed by atoms with Crippen molar-refractivity contribution in [1.29, 1.82) is 0 Å². The van der Waals surface area contributed by atoms with Crippen LogP contribution in [-0.2, 0) is 19.6 Å². The number of nitrogens with zero attached hydrogens (tertiary/aromatic N) is 2.